The number of ether oxygens (including phenoxy) is 3. The molecule has 0 aromatic heterocycles. The number of benzene rings is 1. The number of carbonyl (C=O) groups is 1. The zero-order chi connectivity index (χ0) is 11.0. The van der Waals surface area contributed by atoms with E-state index in [1.165, 1.54) is 0 Å². The summed E-state index contributed by atoms with van der Waals surface area (Å²) in [5, 5.41) is 0. The molecule has 2 saturated heterocycles. The number of epoxide rings is 2. The SMILES string of the molecule is O=C(OCc1ccccc1)C1(C2CO2)CO1. The summed E-state index contributed by atoms with van der Waals surface area (Å²) in [5.41, 5.74) is 0.192. The summed E-state index contributed by atoms with van der Waals surface area (Å²) in [4.78, 5) is 11.8. The lowest BCUT2D eigenvalue weighted by Gasteiger charge is -2.08. The van der Waals surface area contributed by atoms with Crippen LogP contribution in [-0.2, 0) is 25.6 Å². The first-order valence-electron chi connectivity index (χ1n) is 5.28. The van der Waals surface area contributed by atoms with E-state index >= 15 is 0 Å². The highest BCUT2D eigenvalue weighted by Crippen LogP contribution is 2.40. The predicted molar refractivity (Wildman–Crippen MR) is 54.7 cm³/mol. The number of esters is 1. The molecule has 0 aliphatic carbocycles. The van der Waals surface area contributed by atoms with Gasteiger partial charge < -0.3 is 14.2 Å². The van der Waals surface area contributed by atoms with E-state index in [9.17, 15) is 4.79 Å². The van der Waals surface area contributed by atoms with Crippen molar-refractivity contribution in [2.75, 3.05) is 13.2 Å². The molecule has 2 atom stereocenters. The molecular formula is C12H12O4. The van der Waals surface area contributed by atoms with Crippen molar-refractivity contribution in [3.63, 3.8) is 0 Å². The van der Waals surface area contributed by atoms with Crippen LogP contribution in [0.1, 0.15) is 5.56 Å². The highest BCUT2D eigenvalue weighted by Gasteiger charge is 2.65. The van der Waals surface area contributed by atoms with Crippen LogP contribution < -0.4 is 0 Å². The maximum Gasteiger partial charge on any atom is 0.344 e. The predicted octanol–water partition coefficient (Wildman–Crippen LogP) is 0.898. The van der Waals surface area contributed by atoms with E-state index in [4.69, 9.17) is 14.2 Å². The second-order valence-electron chi connectivity index (χ2n) is 4.06. The fourth-order valence-corrected chi connectivity index (χ4v) is 1.68. The molecule has 0 saturated carbocycles. The first kappa shape index (κ1) is 9.81. The number of carbonyl (C=O) groups excluding carboxylic acids is 1. The molecule has 0 bridgehead atoms. The van der Waals surface area contributed by atoms with Gasteiger partial charge in [0.25, 0.3) is 0 Å². The van der Waals surface area contributed by atoms with Gasteiger partial charge in [0.1, 0.15) is 12.7 Å². The minimum Gasteiger partial charge on any atom is -0.459 e. The summed E-state index contributed by atoms with van der Waals surface area (Å²) in [6.45, 7) is 1.31. The molecule has 2 aliphatic rings. The summed E-state index contributed by atoms with van der Waals surface area (Å²) in [7, 11) is 0. The van der Waals surface area contributed by atoms with Crippen molar-refractivity contribution < 1.29 is 19.0 Å². The Morgan fingerprint density at radius 1 is 1.44 bits per heavy atom. The Kier molecular flexibility index (Phi) is 2.19. The average Bonchev–Trinajstić information content (AvgIpc) is 3.18. The Labute approximate surface area is 93.1 Å². The third-order valence-corrected chi connectivity index (χ3v) is 2.87. The largest absolute Gasteiger partial charge is 0.459 e. The fourth-order valence-electron chi connectivity index (χ4n) is 1.68. The highest BCUT2D eigenvalue weighted by atomic mass is 16.7. The third kappa shape index (κ3) is 1.70. The van der Waals surface area contributed by atoms with Crippen LogP contribution in [0.5, 0.6) is 0 Å². The van der Waals surface area contributed by atoms with Crippen LogP contribution in [0.4, 0.5) is 0 Å². The molecule has 16 heavy (non-hydrogen) atoms. The maximum atomic E-state index is 11.8. The van der Waals surface area contributed by atoms with Gasteiger partial charge in [-0.3, -0.25) is 0 Å². The molecule has 4 heteroatoms. The Hall–Kier alpha value is -1.39. The molecule has 4 nitrogen and oxygen atoms in total. The van der Waals surface area contributed by atoms with Crippen molar-refractivity contribution in [2.24, 2.45) is 0 Å². The van der Waals surface area contributed by atoms with Crippen LogP contribution in [0.3, 0.4) is 0 Å². The monoisotopic (exact) mass is 220 g/mol. The normalized spacial score (nSPS) is 30.9. The lowest BCUT2D eigenvalue weighted by molar-refractivity contribution is -0.152. The van der Waals surface area contributed by atoms with Crippen molar-refractivity contribution in [1.82, 2.24) is 0 Å². The van der Waals surface area contributed by atoms with E-state index in [1.807, 2.05) is 30.3 Å². The van der Waals surface area contributed by atoms with Gasteiger partial charge in [-0.2, -0.15) is 0 Å². The van der Waals surface area contributed by atoms with Gasteiger partial charge in [0.15, 0.2) is 0 Å². The van der Waals surface area contributed by atoms with Gasteiger partial charge in [0, 0.05) is 0 Å². The molecule has 2 unspecified atom stereocenters. The van der Waals surface area contributed by atoms with E-state index in [-0.39, 0.29) is 18.7 Å². The Bertz CT molecular complexity index is 393. The summed E-state index contributed by atoms with van der Waals surface area (Å²) >= 11 is 0. The Morgan fingerprint density at radius 3 is 2.69 bits per heavy atom. The average molecular weight is 220 g/mol. The number of hydrogen-bond donors (Lipinski definition) is 0. The smallest absolute Gasteiger partial charge is 0.344 e. The first-order valence-corrected chi connectivity index (χ1v) is 5.28. The second kappa shape index (κ2) is 3.57. The van der Waals surface area contributed by atoms with Gasteiger partial charge in [-0.05, 0) is 5.56 Å². The van der Waals surface area contributed by atoms with Crippen LogP contribution in [0.2, 0.25) is 0 Å². The molecule has 0 radical (unpaired) electrons. The van der Waals surface area contributed by atoms with Crippen LogP contribution >= 0.6 is 0 Å². The lowest BCUT2D eigenvalue weighted by Crippen LogP contribution is -2.32. The van der Waals surface area contributed by atoms with E-state index in [2.05, 4.69) is 0 Å². The van der Waals surface area contributed by atoms with Crippen molar-refractivity contribution in [3.8, 4) is 0 Å². The zero-order valence-corrected chi connectivity index (χ0v) is 8.72. The first-order chi connectivity index (χ1) is 7.81. The Balaban J connectivity index is 1.58. The second-order valence-corrected chi connectivity index (χ2v) is 4.06. The standard InChI is InChI=1S/C12H12O4/c13-11(12(8-16-12)10-7-14-10)15-6-9-4-2-1-3-5-9/h1-5,10H,6-8H2. The van der Waals surface area contributed by atoms with Gasteiger partial charge in [-0.1, -0.05) is 30.3 Å². The number of hydrogen-bond acceptors (Lipinski definition) is 4. The van der Waals surface area contributed by atoms with Gasteiger partial charge in [-0.15, -0.1) is 0 Å². The van der Waals surface area contributed by atoms with E-state index in [0.717, 1.165) is 5.56 Å². The summed E-state index contributed by atoms with van der Waals surface area (Å²) < 4.78 is 15.5. The van der Waals surface area contributed by atoms with Crippen molar-refractivity contribution in [1.29, 1.82) is 0 Å². The number of rotatable bonds is 4. The minimum atomic E-state index is -0.783. The summed E-state index contributed by atoms with van der Waals surface area (Å²) in [6.07, 6.45) is -0.0872. The molecule has 2 fully saturated rings. The summed E-state index contributed by atoms with van der Waals surface area (Å²) in [5.74, 6) is -0.307. The molecule has 1 aromatic rings. The van der Waals surface area contributed by atoms with Gasteiger partial charge in [-0.25, -0.2) is 4.79 Å². The molecular weight excluding hydrogens is 208 g/mol. The maximum absolute atomic E-state index is 11.8. The van der Waals surface area contributed by atoms with Gasteiger partial charge >= 0.3 is 5.97 Å². The fraction of sp³-hybridized carbons (Fsp3) is 0.417. The topological polar surface area (TPSA) is 51.4 Å². The lowest BCUT2D eigenvalue weighted by atomic mass is 10.1. The van der Waals surface area contributed by atoms with E-state index in [1.54, 1.807) is 0 Å². The van der Waals surface area contributed by atoms with Crippen LogP contribution in [0.25, 0.3) is 0 Å². The van der Waals surface area contributed by atoms with Crippen LogP contribution in [-0.4, -0.2) is 30.9 Å². The molecule has 2 heterocycles. The van der Waals surface area contributed by atoms with E-state index < -0.39 is 5.60 Å². The highest BCUT2D eigenvalue weighted by molar-refractivity contribution is 5.83. The van der Waals surface area contributed by atoms with Crippen molar-refractivity contribution in [2.45, 2.75) is 18.3 Å². The molecule has 0 N–H and O–H groups in total. The molecule has 0 spiro atoms. The van der Waals surface area contributed by atoms with Crippen molar-refractivity contribution in [3.05, 3.63) is 35.9 Å². The molecule has 2 aliphatic heterocycles. The van der Waals surface area contributed by atoms with E-state index in [0.29, 0.717) is 13.2 Å². The third-order valence-electron chi connectivity index (χ3n) is 2.87. The quantitative estimate of drug-likeness (QED) is 0.558. The molecule has 1 aromatic carbocycles. The van der Waals surface area contributed by atoms with Crippen LogP contribution in [0.15, 0.2) is 30.3 Å². The minimum absolute atomic E-state index is 0.0872. The van der Waals surface area contributed by atoms with Crippen LogP contribution in [0, 0.1) is 0 Å². The molecule has 3 rings (SSSR count). The molecule has 84 valence electrons. The summed E-state index contributed by atoms with van der Waals surface area (Å²) in [6, 6.07) is 9.59. The Morgan fingerprint density at radius 2 is 2.12 bits per heavy atom. The van der Waals surface area contributed by atoms with Crippen molar-refractivity contribution >= 4 is 5.97 Å². The van der Waals surface area contributed by atoms with Gasteiger partial charge in [0.05, 0.1) is 13.2 Å². The molecule has 0 amide bonds. The zero-order valence-electron chi connectivity index (χ0n) is 8.72. The van der Waals surface area contributed by atoms with Gasteiger partial charge in [0.2, 0.25) is 5.60 Å².